The van der Waals surface area contributed by atoms with Crippen molar-refractivity contribution in [3.05, 3.63) is 11.6 Å². The van der Waals surface area contributed by atoms with Gasteiger partial charge >= 0.3 is 0 Å². The first-order valence-electron chi connectivity index (χ1n) is 13.6. The minimum atomic E-state index is -0.0794. The fraction of sp³-hybridized carbons (Fsp3) is 0.931. The van der Waals surface area contributed by atoms with Crippen LogP contribution in [-0.2, 0) is 0 Å². The molecule has 0 bridgehead atoms. The molecule has 9 atom stereocenters. The second-order valence-electron chi connectivity index (χ2n) is 12.9. The molecule has 0 radical (unpaired) electrons. The molecule has 172 valence electrons. The van der Waals surface area contributed by atoms with E-state index in [0.717, 1.165) is 54.3 Å². The molecule has 0 aliphatic heterocycles. The van der Waals surface area contributed by atoms with Gasteiger partial charge in [0.2, 0.25) is 0 Å². The van der Waals surface area contributed by atoms with Crippen molar-refractivity contribution in [2.24, 2.45) is 52.3 Å². The van der Waals surface area contributed by atoms with Gasteiger partial charge in [-0.2, -0.15) is 0 Å². The van der Waals surface area contributed by atoms with Crippen LogP contribution in [0.15, 0.2) is 11.6 Å². The molecular weight excluding hydrogens is 364 g/mol. The van der Waals surface area contributed by atoms with E-state index in [-0.39, 0.29) is 6.10 Å². The van der Waals surface area contributed by atoms with Gasteiger partial charge in [-0.25, -0.2) is 0 Å². The zero-order valence-corrected chi connectivity index (χ0v) is 20.9. The monoisotopic (exact) mass is 414 g/mol. The molecule has 0 aromatic carbocycles. The minimum Gasteiger partial charge on any atom is -0.393 e. The van der Waals surface area contributed by atoms with Gasteiger partial charge in [0.05, 0.1) is 6.10 Å². The van der Waals surface area contributed by atoms with Gasteiger partial charge in [-0.3, -0.25) is 0 Å². The van der Waals surface area contributed by atoms with E-state index in [0.29, 0.717) is 10.8 Å². The van der Waals surface area contributed by atoms with Gasteiger partial charge in [0, 0.05) is 0 Å². The van der Waals surface area contributed by atoms with Crippen molar-refractivity contribution in [1.82, 2.24) is 0 Å². The molecular formula is C29H50O. The summed E-state index contributed by atoms with van der Waals surface area (Å²) in [5.41, 5.74) is 2.59. The summed E-state index contributed by atoms with van der Waals surface area (Å²) in [7, 11) is 0. The first kappa shape index (κ1) is 22.9. The Hall–Kier alpha value is -0.300. The van der Waals surface area contributed by atoms with Crippen LogP contribution in [0, 0.1) is 52.3 Å². The molecule has 3 fully saturated rings. The van der Waals surface area contributed by atoms with Gasteiger partial charge in [-0.15, -0.1) is 0 Å². The van der Waals surface area contributed by atoms with Crippen molar-refractivity contribution >= 4 is 0 Å². The summed E-state index contributed by atoms with van der Waals surface area (Å²) >= 11 is 0. The lowest BCUT2D eigenvalue weighted by atomic mass is 9.47. The highest BCUT2D eigenvalue weighted by molar-refractivity contribution is 5.25. The van der Waals surface area contributed by atoms with Gasteiger partial charge in [-0.05, 0) is 110 Å². The predicted molar refractivity (Wildman–Crippen MR) is 128 cm³/mol. The van der Waals surface area contributed by atoms with Crippen LogP contribution in [0.4, 0.5) is 0 Å². The standard InChI is InChI=1S/C29H50O/c1-7-21(19(2)3)9-8-20(4)25-12-13-26-24-11-10-22-18-23(30)14-16-28(22,5)27(24)15-17-29(25,26)6/h10,19-21,23-27,30H,7-9,11-18H2,1-6H3/t20-,21?,23?,24?,25?,26?,27?,28?,29?/m1/s1. The summed E-state index contributed by atoms with van der Waals surface area (Å²) in [4.78, 5) is 0. The summed E-state index contributed by atoms with van der Waals surface area (Å²) in [6, 6.07) is 0. The summed E-state index contributed by atoms with van der Waals surface area (Å²) in [6.45, 7) is 15.1. The SMILES string of the molecule is CCC(CC[C@@H](C)C1CCC2C3CC=C4CC(O)CCC4(C)C3CCC21C)C(C)C. The number of hydrogen-bond acceptors (Lipinski definition) is 1. The maximum absolute atomic E-state index is 10.2. The fourth-order valence-corrected chi connectivity index (χ4v) is 9.30. The summed E-state index contributed by atoms with van der Waals surface area (Å²) in [5.74, 6) is 6.31. The Labute approximate surface area is 187 Å². The normalized spacial score (nSPS) is 45.3. The zero-order valence-electron chi connectivity index (χ0n) is 20.9. The number of rotatable bonds is 6. The van der Waals surface area contributed by atoms with Crippen molar-refractivity contribution in [1.29, 1.82) is 0 Å². The molecule has 0 saturated heterocycles. The molecule has 0 aromatic heterocycles. The highest BCUT2D eigenvalue weighted by atomic mass is 16.3. The molecule has 4 aliphatic rings. The second kappa shape index (κ2) is 8.57. The molecule has 1 N–H and O–H groups in total. The molecule has 4 aliphatic carbocycles. The molecule has 0 heterocycles. The summed E-state index contributed by atoms with van der Waals surface area (Å²) in [5, 5.41) is 10.2. The largest absolute Gasteiger partial charge is 0.393 e. The summed E-state index contributed by atoms with van der Waals surface area (Å²) in [6.07, 6.45) is 17.1. The average Bonchev–Trinajstić information content (AvgIpc) is 3.06. The van der Waals surface area contributed by atoms with Crippen molar-refractivity contribution < 1.29 is 5.11 Å². The van der Waals surface area contributed by atoms with E-state index in [1.54, 1.807) is 5.57 Å². The highest BCUT2D eigenvalue weighted by Crippen LogP contribution is 2.67. The maximum atomic E-state index is 10.2. The van der Waals surface area contributed by atoms with Crippen molar-refractivity contribution in [3.63, 3.8) is 0 Å². The Morgan fingerprint density at radius 1 is 1.00 bits per heavy atom. The van der Waals surface area contributed by atoms with Crippen LogP contribution in [0.25, 0.3) is 0 Å². The van der Waals surface area contributed by atoms with Crippen LogP contribution in [-0.4, -0.2) is 11.2 Å². The van der Waals surface area contributed by atoms with Crippen LogP contribution in [0.1, 0.15) is 112 Å². The quantitative estimate of drug-likeness (QED) is 0.436. The van der Waals surface area contributed by atoms with Crippen LogP contribution in [0.3, 0.4) is 0 Å². The highest BCUT2D eigenvalue weighted by Gasteiger charge is 2.59. The number of aliphatic hydroxyl groups excluding tert-OH is 1. The third-order valence-electron chi connectivity index (χ3n) is 11.3. The molecule has 8 unspecified atom stereocenters. The van der Waals surface area contributed by atoms with Crippen molar-refractivity contribution in [3.8, 4) is 0 Å². The predicted octanol–water partition coefficient (Wildman–Crippen LogP) is 8.02. The van der Waals surface area contributed by atoms with Gasteiger partial charge in [-0.1, -0.05) is 66.0 Å². The van der Waals surface area contributed by atoms with E-state index in [1.807, 2.05) is 0 Å². The number of allylic oxidation sites excluding steroid dienone is 1. The molecule has 0 spiro atoms. The van der Waals surface area contributed by atoms with Gasteiger partial charge < -0.3 is 5.11 Å². The van der Waals surface area contributed by atoms with Gasteiger partial charge in [0.15, 0.2) is 0 Å². The fourth-order valence-electron chi connectivity index (χ4n) is 9.30. The van der Waals surface area contributed by atoms with E-state index < -0.39 is 0 Å². The maximum Gasteiger partial charge on any atom is 0.0577 e. The first-order valence-corrected chi connectivity index (χ1v) is 13.6. The molecule has 1 nitrogen and oxygen atoms in total. The van der Waals surface area contributed by atoms with E-state index in [4.69, 9.17) is 0 Å². The molecule has 30 heavy (non-hydrogen) atoms. The first-order chi connectivity index (χ1) is 14.2. The topological polar surface area (TPSA) is 20.2 Å². The zero-order chi connectivity index (χ0) is 21.7. The Morgan fingerprint density at radius 3 is 2.47 bits per heavy atom. The Bertz CT molecular complexity index is 634. The Morgan fingerprint density at radius 2 is 1.77 bits per heavy atom. The van der Waals surface area contributed by atoms with Gasteiger partial charge in [0.1, 0.15) is 0 Å². The van der Waals surface area contributed by atoms with Gasteiger partial charge in [0.25, 0.3) is 0 Å². The third kappa shape index (κ3) is 3.74. The molecule has 0 amide bonds. The van der Waals surface area contributed by atoms with E-state index in [9.17, 15) is 5.11 Å². The lowest BCUT2D eigenvalue weighted by molar-refractivity contribution is -0.0575. The van der Waals surface area contributed by atoms with Crippen molar-refractivity contribution in [2.75, 3.05) is 0 Å². The van der Waals surface area contributed by atoms with Crippen LogP contribution < -0.4 is 0 Å². The van der Waals surface area contributed by atoms with Crippen LogP contribution in [0.2, 0.25) is 0 Å². The summed E-state index contributed by atoms with van der Waals surface area (Å²) < 4.78 is 0. The Kier molecular flexibility index (Phi) is 6.53. The third-order valence-corrected chi connectivity index (χ3v) is 11.3. The minimum absolute atomic E-state index is 0.0794. The molecule has 4 rings (SSSR count). The smallest absolute Gasteiger partial charge is 0.0577 e. The Balaban J connectivity index is 1.47. The molecule has 0 aromatic rings. The lowest BCUT2D eigenvalue weighted by Crippen LogP contribution is -2.50. The van der Waals surface area contributed by atoms with E-state index >= 15 is 0 Å². The molecule has 1 heteroatoms. The second-order valence-corrected chi connectivity index (χ2v) is 12.9. The number of fused-ring (bicyclic) bond motifs is 5. The average molecular weight is 415 g/mol. The van der Waals surface area contributed by atoms with E-state index in [1.165, 1.54) is 57.8 Å². The molecule has 3 saturated carbocycles. The number of hydrogen-bond donors (Lipinski definition) is 1. The van der Waals surface area contributed by atoms with Crippen LogP contribution >= 0.6 is 0 Å². The van der Waals surface area contributed by atoms with Crippen LogP contribution in [0.5, 0.6) is 0 Å². The lowest BCUT2D eigenvalue weighted by Gasteiger charge is -2.58. The van der Waals surface area contributed by atoms with Crippen molar-refractivity contribution in [2.45, 2.75) is 118 Å². The van der Waals surface area contributed by atoms with E-state index in [2.05, 4.69) is 47.6 Å². The number of aliphatic hydroxyl groups is 1.